The van der Waals surface area contributed by atoms with Gasteiger partial charge in [-0.05, 0) is 12.3 Å². The van der Waals surface area contributed by atoms with Crippen LogP contribution >= 0.6 is 0 Å². The van der Waals surface area contributed by atoms with Crippen LogP contribution in [0.4, 0.5) is 0 Å². The summed E-state index contributed by atoms with van der Waals surface area (Å²) in [6.07, 6.45) is 0.485. The molecule has 0 aliphatic heterocycles. The molecule has 0 bridgehead atoms. The molecular formula is C8H12NNaO2. The van der Waals surface area contributed by atoms with Crippen LogP contribution in [0.3, 0.4) is 0 Å². The minimum atomic E-state index is -1.14. The van der Waals surface area contributed by atoms with Gasteiger partial charge in [0.15, 0.2) is 0 Å². The van der Waals surface area contributed by atoms with Crippen LogP contribution in [-0.4, -0.2) is 5.97 Å². The Balaban J connectivity index is 0. The molecular weight excluding hydrogens is 165 g/mol. The monoisotopic (exact) mass is 177 g/mol. The Morgan fingerprint density at radius 3 is 2.33 bits per heavy atom. The number of nitrogens with zero attached hydrogens (tertiary/aromatic N) is 1. The van der Waals surface area contributed by atoms with Crippen molar-refractivity contribution in [1.82, 2.24) is 0 Å². The summed E-state index contributed by atoms with van der Waals surface area (Å²) in [5.74, 6) is -1.17. The zero-order valence-corrected chi connectivity index (χ0v) is 9.83. The van der Waals surface area contributed by atoms with Crippen molar-refractivity contribution < 1.29 is 39.5 Å². The number of carbonyl (C=O) groups is 1. The zero-order valence-electron chi connectivity index (χ0n) is 7.83. The third-order valence-corrected chi connectivity index (χ3v) is 1.35. The molecule has 0 heterocycles. The molecule has 0 aromatic rings. The van der Waals surface area contributed by atoms with Crippen molar-refractivity contribution in [2.24, 2.45) is 11.8 Å². The summed E-state index contributed by atoms with van der Waals surface area (Å²) in [7, 11) is 0. The van der Waals surface area contributed by atoms with Crippen molar-refractivity contribution in [2.45, 2.75) is 26.7 Å². The van der Waals surface area contributed by atoms with Crippen LogP contribution < -0.4 is 34.7 Å². The SMILES string of the molecule is CC(C)C[C@H](C#N)CC(=O)[O-].[Na+]. The average Bonchev–Trinajstić information content (AvgIpc) is 1.84. The fraction of sp³-hybridized carbons (Fsp3) is 0.750. The first kappa shape index (κ1) is 14.5. The second-order valence-electron chi connectivity index (χ2n) is 3.03. The van der Waals surface area contributed by atoms with E-state index in [0.29, 0.717) is 12.3 Å². The minimum Gasteiger partial charge on any atom is -0.550 e. The largest absolute Gasteiger partial charge is 1.00 e. The van der Waals surface area contributed by atoms with Gasteiger partial charge in [-0.2, -0.15) is 5.26 Å². The van der Waals surface area contributed by atoms with Crippen LogP contribution in [0.2, 0.25) is 0 Å². The van der Waals surface area contributed by atoms with Gasteiger partial charge in [0.25, 0.3) is 0 Å². The van der Waals surface area contributed by atoms with Gasteiger partial charge in [0.05, 0.1) is 12.0 Å². The van der Waals surface area contributed by atoms with Gasteiger partial charge >= 0.3 is 29.6 Å². The van der Waals surface area contributed by atoms with Crippen molar-refractivity contribution in [2.75, 3.05) is 0 Å². The Morgan fingerprint density at radius 2 is 2.08 bits per heavy atom. The molecule has 0 spiro atoms. The van der Waals surface area contributed by atoms with E-state index in [1.165, 1.54) is 0 Å². The van der Waals surface area contributed by atoms with Gasteiger partial charge in [-0.25, -0.2) is 0 Å². The Kier molecular flexibility index (Phi) is 9.17. The van der Waals surface area contributed by atoms with Crippen LogP contribution in [0.1, 0.15) is 26.7 Å². The summed E-state index contributed by atoms with van der Waals surface area (Å²) >= 11 is 0. The number of aliphatic carboxylic acids is 1. The summed E-state index contributed by atoms with van der Waals surface area (Å²) in [5.41, 5.74) is 0. The van der Waals surface area contributed by atoms with Crippen molar-refractivity contribution in [1.29, 1.82) is 5.26 Å². The first-order valence-electron chi connectivity index (χ1n) is 3.65. The third-order valence-electron chi connectivity index (χ3n) is 1.35. The molecule has 0 rings (SSSR count). The second kappa shape index (κ2) is 7.60. The van der Waals surface area contributed by atoms with Gasteiger partial charge in [-0.1, -0.05) is 13.8 Å². The topological polar surface area (TPSA) is 63.9 Å². The Bertz CT molecular complexity index is 174. The maximum atomic E-state index is 10.1. The molecule has 0 saturated carbocycles. The Morgan fingerprint density at radius 1 is 1.58 bits per heavy atom. The molecule has 0 unspecified atom stereocenters. The maximum Gasteiger partial charge on any atom is 1.00 e. The second-order valence-corrected chi connectivity index (χ2v) is 3.03. The molecule has 4 heteroatoms. The first-order chi connectivity index (χ1) is 5.06. The van der Waals surface area contributed by atoms with E-state index in [-0.39, 0.29) is 41.9 Å². The van der Waals surface area contributed by atoms with Gasteiger partial charge in [-0.3, -0.25) is 0 Å². The summed E-state index contributed by atoms with van der Waals surface area (Å²) in [5, 5.41) is 18.6. The predicted octanol–water partition coefficient (Wildman–Crippen LogP) is -2.68. The van der Waals surface area contributed by atoms with Gasteiger partial charge < -0.3 is 9.90 Å². The summed E-state index contributed by atoms with van der Waals surface area (Å²) < 4.78 is 0. The summed E-state index contributed by atoms with van der Waals surface area (Å²) in [4.78, 5) is 10.1. The first-order valence-corrected chi connectivity index (χ1v) is 3.65. The van der Waals surface area contributed by atoms with E-state index in [0.717, 1.165) is 0 Å². The smallest absolute Gasteiger partial charge is 0.550 e. The average molecular weight is 177 g/mol. The van der Waals surface area contributed by atoms with Crippen LogP contribution in [-0.2, 0) is 4.79 Å². The van der Waals surface area contributed by atoms with E-state index < -0.39 is 5.97 Å². The number of carboxylic acids is 1. The molecule has 3 nitrogen and oxygen atoms in total. The van der Waals surface area contributed by atoms with E-state index >= 15 is 0 Å². The predicted molar refractivity (Wildman–Crippen MR) is 38.2 cm³/mol. The normalized spacial score (nSPS) is 11.5. The number of hydrogen-bond donors (Lipinski definition) is 0. The van der Waals surface area contributed by atoms with Gasteiger partial charge in [0.2, 0.25) is 0 Å². The van der Waals surface area contributed by atoms with Crippen LogP contribution in [0.5, 0.6) is 0 Å². The Hall–Kier alpha value is -0.0400. The van der Waals surface area contributed by atoms with Crippen LogP contribution in [0.25, 0.3) is 0 Å². The Labute approximate surface area is 95.1 Å². The van der Waals surface area contributed by atoms with Crippen LogP contribution in [0.15, 0.2) is 0 Å². The molecule has 0 radical (unpaired) electrons. The van der Waals surface area contributed by atoms with Crippen molar-refractivity contribution >= 4 is 5.97 Å². The van der Waals surface area contributed by atoms with E-state index in [9.17, 15) is 9.90 Å². The number of rotatable bonds is 4. The molecule has 0 aliphatic carbocycles. The molecule has 0 aliphatic rings. The third kappa shape index (κ3) is 8.06. The van der Waals surface area contributed by atoms with E-state index in [1.807, 2.05) is 19.9 Å². The number of carbonyl (C=O) groups excluding carboxylic acids is 1. The fourth-order valence-electron chi connectivity index (χ4n) is 0.952. The minimum absolute atomic E-state index is 0. The molecule has 1 atom stereocenters. The molecule has 0 saturated heterocycles. The number of nitriles is 1. The van der Waals surface area contributed by atoms with Crippen molar-refractivity contribution in [3.63, 3.8) is 0 Å². The molecule has 0 fully saturated rings. The standard InChI is InChI=1S/C8H13NO2.Na/c1-6(2)3-7(5-9)4-8(10)11;/h6-7H,3-4H2,1-2H3,(H,10,11);/q;+1/p-1/t7-;/m0./s1. The van der Waals surface area contributed by atoms with Crippen LogP contribution in [0, 0.1) is 23.2 Å². The van der Waals surface area contributed by atoms with Gasteiger partial charge in [0.1, 0.15) is 0 Å². The quantitative estimate of drug-likeness (QED) is 0.439. The van der Waals surface area contributed by atoms with Crippen molar-refractivity contribution in [3.05, 3.63) is 0 Å². The number of hydrogen-bond acceptors (Lipinski definition) is 3. The molecule has 0 aromatic heterocycles. The summed E-state index contributed by atoms with van der Waals surface area (Å²) in [6.45, 7) is 3.92. The number of carboxylic acid groups (broad SMARTS) is 1. The molecule has 0 amide bonds. The maximum absolute atomic E-state index is 10.1. The zero-order chi connectivity index (χ0) is 8.85. The fourth-order valence-corrected chi connectivity index (χ4v) is 0.952. The molecule has 0 aromatic carbocycles. The van der Waals surface area contributed by atoms with E-state index in [4.69, 9.17) is 5.26 Å². The molecule has 0 N–H and O–H groups in total. The van der Waals surface area contributed by atoms with E-state index in [2.05, 4.69) is 0 Å². The molecule has 62 valence electrons. The summed E-state index contributed by atoms with van der Waals surface area (Å²) in [6, 6.07) is 1.94. The van der Waals surface area contributed by atoms with Gasteiger partial charge in [0, 0.05) is 12.4 Å². The van der Waals surface area contributed by atoms with Crippen molar-refractivity contribution in [3.8, 4) is 6.07 Å². The molecule has 12 heavy (non-hydrogen) atoms. The van der Waals surface area contributed by atoms with E-state index in [1.54, 1.807) is 0 Å². The van der Waals surface area contributed by atoms with Gasteiger partial charge in [-0.15, -0.1) is 0 Å².